The normalized spacial score (nSPS) is 10.9. The predicted octanol–water partition coefficient (Wildman–Crippen LogP) is 2.35. The fourth-order valence-corrected chi connectivity index (χ4v) is 2.25. The number of amides is 1. The second-order valence-electron chi connectivity index (χ2n) is 5.42. The summed E-state index contributed by atoms with van der Waals surface area (Å²) < 4.78 is 9.39. The second kappa shape index (κ2) is 7.96. The number of aryl methyl sites for hydroxylation is 1. The second-order valence-corrected chi connectivity index (χ2v) is 5.42. The van der Waals surface area contributed by atoms with Crippen molar-refractivity contribution < 1.29 is 9.53 Å². The van der Waals surface area contributed by atoms with E-state index in [4.69, 9.17) is 4.74 Å². The zero-order valence-corrected chi connectivity index (χ0v) is 13.9. The van der Waals surface area contributed by atoms with Gasteiger partial charge in [0.25, 0.3) is 0 Å². The number of hydrogen-bond acceptors (Lipinski definition) is 4. The monoisotopic (exact) mass is 337 g/mol. The SMILES string of the molecule is Cn1cc(C=CC(=O)Nc2ccccc2OCCn2ccnc2)cn1. The summed E-state index contributed by atoms with van der Waals surface area (Å²) in [5, 5.41) is 6.89. The number of hydrogen-bond donors (Lipinski definition) is 1. The number of para-hydroxylation sites is 2. The highest BCUT2D eigenvalue weighted by molar-refractivity contribution is 6.02. The molecule has 1 aromatic carbocycles. The van der Waals surface area contributed by atoms with Crippen LogP contribution < -0.4 is 10.1 Å². The van der Waals surface area contributed by atoms with Crippen LogP contribution >= 0.6 is 0 Å². The van der Waals surface area contributed by atoms with Crippen molar-refractivity contribution in [1.82, 2.24) is 19.3 Å². The van der Waals surface area contributed by atoms with Crippen LogP contribution in [-0.2, 0) is 18.4 Å². The van der Waals surface area contributed by atoms with Gasteiger partial charge in [0.05, 0.1) is 24.8 Å². The summed E-state index contributed by atoms with van der Waals surface area (Å²) in [6.07, 6.45) is 12.0. The number of aromatic nitrogens is 4. The largest absolute Gasteiger partial charge is 0.490 e. The van der Waals surface area contributed by atoms with E-state index in [0.717, 1.165) is 5.56 Å². The van der Waals surface area contributed by atoms with Crippen LogP contribution in [0, 0.1) is 0 Å². The molecule has 0 spiro atoms. The van der Waals surface area contributed by atoms with Crippen molar-refractivity contribution in [3.05, 3.63) is 67.0 Å². The zero-order valence-electron chi connectivity index (χ0n) is 13.9. The van der Waals surface area contributed by atoms with Crippen LogP contribution in [0.5, 0.6) is 5.75 Å². The van der Waals surface area contributed by atoms with Crippen molar-refractivity contribution in [3.8, 4) is 5.75 Å². The van der Waals surface area contributed by atoms with Crippen LogP contribution in [0.25, 0.3) is 6.08 Å². The molecule has 0 saturated carbocycles. The Kier molecular flexibility index (Phi) is 5.26. The molecule has 0 aliphatic heterocycles. The topological polar surface area (TPSA) is 74.0 Å². The first-order valence-electron chi connectivity index (χ1n) is 7.86. The lowest BCUT2D eigenvalue weighted by molar-refractivity contribution is -0.111. The lowest BCUT2D eigenvalue weighted by atomic mass is 10.2. The van der Waals surface area contributed by atoms with Crippen LogP contribution in [0.1, 0.15) is 5.56 Å². The van der Waals surface area contributed by atoms with Crippen molar-refractivity contribution in [2.24, 2.45) is 7.05 Å². The predicted molar refractivity (Wildman–Crippen MR) is 95.0 cm³/mol. The lowest BCUT2D eigenvalue weighted by Crippen LogP contribution is -2.11. The molecule has 1 amide bonds. The molecule has 3 rings (SSSR count). The van der Waals surface area contributed by atoms with E-state index in [-0.39, 0.29) is 5.91 Å². The van der Waals surface area contributed by atoms with E-state index in [1.807, 2.05) is 48.3 Å². The van der Waals surface area contributed by atoms with Gasteiger partial charge in [-0.2, -0.15) is 5.10 Å². The molecule has 0 radical (unpaired) electrons. The van der Waals surface area contributed by atoms with Gasteiger partial charge in [-0.05, 0) is 18.2 Å². The van der Waals surface area contributed by atoms with E-state index in [2.05, 4.69) is 15.4 Å². The molecule has 0 fully saturated rings. The minimum absolute atomic E-state index is 0.227. The lowest BCUT2D eigenvalue weighted by Gasteiger charge is -2.11. The van der Waals surface area contributed by atoms with Crippen molar-refractivity contribution in [3.63, 3.8) is 0 Å². The Morgan fingerprint density at radius 1 is 1.36 bits per heavy atom. The van der Waals surface area contributed by atoms with E-state index >= 15 is 0 Å². The van der Waals surface area contributed by atoms with Crippen molar-refractivity contribution in [2.75, 3.05) is 11.9 Å². The van der Waals surface area contributed by atoms with Crippen LogP contribution in [0.2, 0.25) is 0 Å². The Morgan fingerprint density at radius 3 is 3.00 bits per heavy atom. The minimum atomic E-state index is -0.227. The summed E-state index contributed by atoms with van der Waals surface area (Å²) in [4.78, 5) is 16.1. The number of carbonyl (C=O) groups excluding carboxylic acids is 1. The van der Waals surface area contributed by atoms with E-state index in [0.29, 0.717) is 24.6 Å². The molecule has 0 aliphatic rings. The highest BCUT2D eigenvalue weighted by Crippen LogP contribution is 2.23. The molecule has 0 aliphatic carbocycles. The summed E-state index contributed by atoms with van der Waals surface area (Å²) in [5.74, 6) is 0.403. The Bertz CT molecular complexity index is 852. The van der Waals surface area contributed by atoms with Gasteiger partial charge >= 0.3 is 0 Å². The third-order valence-electron chi connectivity index (χ3n) is 3.46. The van der Waals surface area contributed by atoms with Gasteiger partial charge in [0, 0.05) is 37.3 Å². The Balaban J connectivity index is 1.58. The van der Waals surface area contributed by atoms with Gasteiger partial charge in [0.15, 0.2) is 0 Å². The van der Waals surface area contributed by atoms with Crippen molar-refractivity contribution >= 4 is 17.7 Å². The van der Waals surface area contributed by atoms with Gasteiger partial charge in [0.2, 0.25) is 5.91 Å². The highest BCUT2D eigenvalue weighted by Gasteiger charge is 2.05. The third-order valence-corrected chi connectivity index (χ3v) is 3.46. The van der Waals surface area contributed by atoms with E-state index in [9.17, 15) is 4.79 Å². The number of anilines is 1. The average Bonchev–Trinajstić information content (AvgIpc) is 3.26. The number of carbonyl (C=O) groups is 1. The van der Waals surface area contributed by atoms with E-state index < -0.39 is 0 Å². The summed E-state index contributed by atoms with van der Waals surface area (Å²) in [5.41, 5.74) is 1.50. The number of benzene rings is 1. The van der Waals surface area contributed by atoms with Crippen LogP contribution in [0.15, 0.2) is 61.5 Å². The number of ether oxygens (including phenoxy) is 1. The third kappa shape index (κ3) is 4.81. The fourth-order valence-electron chi connectivity index (χ4n) is 2.25. The molecule has 0 saturated heterocycles. The summed E-state index contributed by atoms with van der Waals surface area (Å²) in [6, 6.07) is 7.35. The number of nitrogens with zero attached hydrogens (tertiary/aromatic N) is 4. The molecular weight excluding hydrogens is 318 g/mol. The molecule has 2 heterocycles. The van der Waals surface area contributed by atoms with E-state index in [1.54, 1.807) is 29.5 Å². The molecule has 7 heteroatoms. The Labute approximate surface area is 145 Å². The summed E-state index contributed by atoms with van der Waals surface area (Å²) in [7, 11) is 1.83. The van der Waals surface area contributed by atoms with Gasteiger partial charge in [-0.3, -0.25) is 9.48 Å². The summed E-state index contributed by atoms with van der Waals surface area (Å²) >= 11 is 0. The van der Waals surface area contributed by atoms with E-state index in [1.165, 1.54) is 6.08 Å². The molecule has 25 heavy (non-hydrogen) atoms. The average molecular weight is 337 g/mol. The molecule has 0 bridgehead atoms. The van der Waals surface area contributed by atoms with Gasteiger partial charge in [-0.15, -0.1) is 0 Å². The van der Waals surface area contributed by atoms with Crippen LogP contribution in [0.4, 0.5) is 5.69 Å². The minimum Gasteiger partial charge on any atom is -0.490 e. The van der Waals surface area contributed by atoms with Gasteiger partial charge in [-0.1, -0.05) is 12.1 Å². The van der Waals surface area contributed by atoms with Gasteiger partial charge in [0.1, 0.15) is 12.4 Å². The van der Waals surface area contributed by atoms with Gasteiger partial charge in [-0.25, -0.2) is 4.98 Å². The highest BCUT2D eigenvalue weighted by atomic mass is 16.5. The molecule has 0 atom stereocenters. The Hall–Kier alpha value is -3.35. The quantitative estimate of drug-likeness (QED) is 0.672. The Morgan fingerprint density at radius 2 is 2.24 bits per heavy atom. The molecule has 0 unspecified atom stereocenters. The van der Waals surface area contributed by atoms with Crippen molar-refractivity contribution in [1.29, 1.82) is 0 Å². The van der Waals surface area contributed by atoms with Crippen molar-refractivity contribution in [2.45, 2.75) is 6.54 Å². The fraction of sp³-hybridized carbons (Fsp3) is 0.167. The number of nitrogens with one attached hydrogen (secondary N) is 1. The first kappa shape index (κ1) is 16.5. The maximum absolute atomic E-state index is 12.1. The molecule has 2 aromatic heterocycles. The maximum Gasteiger partial charge on any atom is 0.248 e. The molecule has 3 aromatic rings. The molecule has 7 nitrogen and oxygen atoms in total. The number of imidazole rings is 1. The van der Waals surface area contributed by atoms with Gasteiger partial charge < -0.3 is 14.6 Å². The smallest absolute Gasteiger partial charge is 0.248 e. The first-order valence-corrected chi connectivity index (χ1v) is 7.86. The van der Waals surface area contributed by atoms with Crippen LogP contribution in [-0.4, -0.2) is 31.8 Å². The molecule has 1 N–H and O–H groups in total. The number of rotatable bonds is 7. The zero-order chi connectivity index (χ0) is 17.5. The maximum atomic E-state index is 12.1. The summed E-state index contributed by atoms with van der Waals surface area (Å²) in [6.45, 7) is 1.16. The first-order chi connectivity index (χ1) is 12.2. The molecular formula is C18H19N5O2. The standard InChI is InChI=1S/C18H19N5O2/c1-22-13-15(12-20-22)6-7-18(24)21-16-4-2-3-5-17(16)25-11-10-23-9-8-19-14-23/h2-9,12-14H,10-11H2,1H3,(H,21,24). The van der Waals surface area contributed by atoms with Crippen LogP contribution in [0.3, 0.4) is 0 Å². The molecule has 128 valence electrons.